The summed E-state index contributed by atoms with van der Waals surface area (Å²) >= 11 is 1.77. The van der Waals surface area contributed by atoms with Crippen LogP contribution in [0.4, 0.5) is 0 Å². The summed E-state index contributed by atoms with van der Waals surface area (Å²) in [5.74, 6) is 0.215. The van der Waals surface area contributed by atoms with Crippen LogP contribution in [0.2, 0.25) is 0 Å². The number of benzene rings is 2. The summed E-state index contributed by atoms with van der Waals surface area (Å²) in [5.41, 5.74) is 4.43. The van der Waals surface area contributed by atoms with Crippen molar-refractivity contribution in [2.45, 2.75) is 31.6 Å². The van der Waals surface area contributed by atoms with Gasteiger partial charge in [-0.05, 0) is 36.3 Å². The van der Waals surface area contributed by atoms with E-state index in [0.29, 0.717) is 0 Å². The van der Waals surface area contributed by atoms with Crippen molar-refractivity contribution in [2.24, 2.45) is 7.05 Å². The van der Waals surface area contributed by atoms with E-state index in [1.54, 1.807) is 11.8 Å². The largest absolute Gasteiger partial charge is 0.481 e. The fourth-order valence-electron chi connectivity index (χ4n) is 3.27. The van der Waals surface area contributed by atoms with Gasteiger partial charge in [-0.25, -0.2) is 0 Å². The lowest BCUT2D eigenvalue weighted by molar-refractivity contribution is -0.136. The molecule has 1 N–H and O–H groups in total. The Morgan fingerprint density at radius 2 is 2.04 bits per heavy atom. The molecule has 0 aliphatic carbocycles. The fourth-order valence-corrected chi connectivity index (χ4v) is 4.37. The van der Waals surface area contributed by atoms with Crippen molar-refractivity contribution < 1.29 is 9.90 Å². The Morgan fingerprint density at radius 1 is 1.30 bits per heavy atom. The Morgan fingerprint density at radius 3 is 2.74 bits per heavy atom. The zero-order valence-electron chi connectivity index (χ0n) is 13.7. The van der Waals surface area contributed by atoms with Gasteiger partial charge in [-0.15, -0.1) is 11.8 Å². The lowest BCUT2D eigenvalue weighted by atomic mass is 10.0. The number of carboxylic acid groups (broad SMARTS) is 1. The third-order valence-electron chi connectivity index (χ3n) is 4.19. The first-order valence-corrected chi connectivity index (χ1v) is 8.87. The zero-order chi connectivity index (χ0) is 16.6. The van der Waals surface area contributed by atoms with E-state index in [0.717, 1.165) is 28.2 Å². The average Bonchev–Trinajstić information content (AvgIpc) is 2.81. The molecule has 0 spiro atoms. The second-order valence-electron chi connectivity index (χ2n) is 5.90. The third kappa shape index (κ3) is 2.72. The fraction of sp³-hybridized carbons (Fsp3) is 0.316. The van der Waals surface area contributed by atoms with E-state index >= 15 is 0 Å². The molecule has 0 fully saturated rings. The van der Waals surface area contributed by atoms with Crippen LogP contribution >= 0.6 is 11.8 Å². The van der Waals surface area contributed by atoms with Crippen molar-refractivity contribution in [1.82, 2.24) is 4.57 Å². The van der Waals surface area contributed by atoms with Crippen LogP contribution in [-0.4, -0.2) is 21.4 Å². The van der Waals surface area contributed by atoms with Crippen LogP contribution in [0.15, 0.2) is 35.2 Å². The molecule has 0 saturated carbocycles. The predicted octanol–water partition coefficient (Wildman–Crippen LogP) is 4.77. The molecule has 0 unspecified atom stereocenters. The Bertz CT molecular complexity index is 895. The predicted molar refractivity (Wildman–Crippen MR) is 97.5 cm³/mol. The summed E-state index contributed by atoms with van der Waals surface area (Å²) in [5, 5.41) is 11.8. The minimum absolute atomic E-state index is 0.0738. The number of hydrogen-bond acceptors (Lipinski definition) is 2. The molecule has 3 rings (SSSR count). The van der Waals surface area contributed by atoms with Crippen LogP contribution in [0.1, 0.15) is 24.5 Å². The third-order valence-corrected chi connectivity index (χ3v) is 5.55. The Kier molecular flexibility index (Phi) is 4.35. The highest BCUT2D eigenvalue weighted by atomic mass is 32.2. The van der Waals surface area contributed by atoms with Gasteiger partial charge in [0.1, 0.15) is 0 Å². The maximum atomic E-state index is 11.3. The van der Waals surface area contributed by atoms with Crippen molar-refractivity contribution in [1.29, 1.82) is 0 Å². The van der Waals surface area contributed by atoms with Crippen LogP contribution in [0.3, 0.4) is 0 Å². The standard InChI is InChI=1S/C19H21NO2S/c1-4-9-23-19-13(11-16(21)22)10-12(2)17-14-7-5-6-8-15(14)20(3)18(17)19/h5-8,10H,4,9,11H2,1-3H3,(H,21,22). The number of para-hydroxylation sites is 1. The average molecular weight is 327 g/mol. The van der Waals surface area contributed by atoms with Gasteiger partial charge in [-0.2, -0.15) is 0 Å². The van der Waals surface area contributed by atoms with E-state index < -0.39 is 5.97 Å². The van der Waals surface area contributed by atoms with E-state index in [4.69, 9.17) is 0 Å². The number of fused-ring (bicyclic) bond motifs is 3. The molecule has 0 atom stereocenters. The number of aliphatic carboxylic acids is 1. The monoisotopic (exact) mass is 327 g/mol. The highest BCUT2D eigenvalue weighted by Gasteiger charge is 2.19. The molecule has 1 aromatic heterocycles. The van der Waals surface area contributed by atoms with Crippen molar-refractivity contribution in [2.75, 3.05) is 5.75 Å². The van der Waals surface area contributed by atoms with Gasteiger partial charge in [0, 0.05) is 28.2 Å². The number of aromatic nitrogens is 1. The molecule has 1 heterocycles. The van der Waals surface area contributed by atoms with Crippen LogP contribution in [0, 0.1) is 6.92 Å². The molecule has 2 aromatic carbocycles. The van der Waals surface area contributed by atoms with Crippen LogP contribution in [-0.2, 0) is 18.3 Å². The first-order valence-electron chi connectivity index (χ1n) is 7.88. The van der Waals surface area contributed by atoms with Gasteiger partial charge in [0.15, 0.2) is 0 Å². The lowest BCUT2D eigenvalue weighted by Gasteiger charge is -2.13. The lowest BCUT2D eigenvalue weighted by Crippen LogP contribution is -2.04. The van der Waals surface area contributed by atoms with Gasteiger partial charge >= 0.3 is 5.97 Å². The second kappa shape index (κ2) is 6.28. The Hall–Kier alpha value is -1.94. The number of rotatable bonds is 5. The van der Waals surface area contributed by atoms with E-state index in [1.807, 2.05) is 6.07 Å². The van der Waals surface area contributed by atoms with Crippen molar-refractivity contribution >= 4 is 39.5 Å². The Balaban J connectivity index is 2.40. The normalized spacial score (nSPS) is 11.4. The summed E-state index contributed by atoms with van der Waals surface area (Å²) in [7, 11) is 2.07. The highest BCUT2D eigenvalue weighted by molar-refractivity contribution is 7.99. The van der Waals surface area contributed by atoms with Crippen molar-refractivity contribution in [3.05, 3.63) is 41.5 Å². The molecule has 3 nitrogen and oxygen atoms in total. The highest BCUT2D eigenvalue weighted by Crippen LogP contribution is 2.39. The molecule has 120 valence electrons. The number of carboxylic acids is 1. The van der Waals surface area contributed by atoms with Gasteiger partial charge < -0.3 is 9.67 Å². The molecule has 3 aromatic rings. The number of thioether (sulfide) groups is 1. The Labute approximate surface area is 140 Å². The van der Waals surface area contributed by atoms with Gasteiger partial charge in [0.05, 0.1) is 11.9 Å². The molecular formula is C19H21NO2S. The van der Waals surface area contributed by atoms with E-state index in [-0.39, 0.29) is 6.42 Å². The maximum Gasteiger partial charge on any atom is 0.307 e. The molecular weight excluding hydrogens is 306 g/mol. The quantitative estimate of drug-likeness (QED) is 0.686. The molecule has 0 aliphatic heterocycles. The maximum absolute atomic E-state index is 11.3. The molecule has 4 heteroatoms. The summed E-state index contributed by atoms with van der Waals surface area (Å²) in [6.07, 6.45) is 1.14. The summed E-state index contributed by atoms with van der Waals surface area (Å²) in [6, 6.07) is 10.4. The number of aryl methyl sites for hydroxylation is 2. The molecule has 0 amide bonds. The van der Waals surface area contributed by atoms with Crippen LogP contribution < -0.4 is 0 Å². The van der Waals surface area contributed by atoms with Crippen LogP contribution in [0.5, 0.6) is 0 Å². The SMILES string of the molecule is CCCSc1c(CC(=O)O)cc(C)c2c3ccccc3n(C)c12. The summed E-state index contributed by atoms with van der Waals surface area (Å²) in [6.45, 7) is 4.23. The first-order chi connectivity index (χ1) is 11.0. The van der Waals surface area contributed by atoms with Gasteiger partial charge in [0.2, 0.25) is 0 Å². The van der Waals surface area contributed by atoms with E-state index in [9.17, 15) is 9.90 Å². The van der Waals surface area contributed by atoms with Crippen molar-refractivity contribution in [3.63, 3.8) is 0 Å². The second-order valence-corrected chi connectivity index (χ2v) is 7.01. The smallest absolute Gasteiger partial charge is 0.307 e. The zero-order valence-corrected chi connectivity index (χ0v) is 14.5. The molecule has 0 aliphatic rings. The summed E-state index contributed by atoms with van der Waals surface area (Å²) < 4.78 is 2.21. The minimum Gasteiger partial charge on any atom is -0.481 e. The molecule has 0 saturated heterocycles. The number of carbonyl (C=O) groups is 1. The minimum atomic E-state index is -0.777. The summed E-state index contributed by atoms with van der Waals surface area (Å²) in [4.78, 5) is 12.4. The van der Waals surface area contributed by atoms with Gasteiger partial charge in [-0.3, -0.25) is 4.79 Å². The first kappa shape index (κ1) is 15.9. The van der Waals surface area contributed by atoms with Gasteiger partial charge in [-0.1, -0.05) is 31.2 Å². The molecule has 23 heavy (non-hydrogen) atoms. The number of nitrogens with zero attached hydrogens (tertiary/aromatic N) is 1. The van der Waals surface area contributed by atoms with E-state index in [2.05, 4.69) is 49.7 Å². The van der Waals surface area contributed by atoms with E-state index in [1.165, 1.54) is 21.8 Å². The number of hydrogen-bond donors (Lipinski definition) is 1. The topological polar surface area (TPSA) is 42.2 Å². The van der Waals surface area contributed by atoms with Crippen molar-refractivity contribution in [3.8, 4) is 0 Å². The van der Waals surface area contributed by atoms with Crippen LogP contribution in [0.25, 0.3) is 21.8 Å². The van der Waals surface area contributed by atoms with Gasteiger partial charge in [0.25, 0.3) is 0 Å². The molecule has 0 radical (unpaired) electrons. The molecule has 0 bridgehead atoms.